The fraction of sp³-hybridized carbons (Fsp3) is 0.500. The lowest BCUT2D eigenvalue weighted by Crippen LogP contribution is -2.32. The van der Waals surface area contributed by atoms with E-state index in [0.29, 0.717) is 12.0 Å². The van der Waals surface area contributed by atoms with Crippen molar-refractivity contribution in [3.8, 4) is 0 Å². The number of aryl methyl sites for hydroxylation is 1. The number of sulfonamides is 1. The molecule has 0 aliphatic carbocycles. The maximum absolute atomic E-state index is 12.2. The lowest BCUT2D eigenvalue weighted by atomic mass is 10.2. The Morgan fingerprint density at radius 1 is 1.42 bits per heavy atom. The second-order valence-electron chi connectivity index (χ2n) is 4.52. The molecule has 1 rings (SSSR count). The molecule has 1 unspecified atom stereocenters. The zero-order valence-corrected chi connectivity index (χ0v) is 12.0. The molecule has 106 valence electrons. The van der Waals surface area contributed by atoms with Gasteiger partial charge in [0.1, 0.15) is 0 Å². The van der Waals surface area contributed by atoms with Crippen LogP contribution in [0.25, 0.3) is 0 Å². The van der Waals surface area contributed by atoms with Crippen molar-refractivity contribution in [1.29, 1.82) is 0 Å². The van der Waals surface area contributed by atoms with Crippen LogP contribution < -0.4 is 4.72 Å². The Kier molecular flexibility index (Phi) is 5.02. The summed E-state index contributed by atoms with van der Waals surface area (Å²) >= 11 is 0. The molecular weight excluding hydrogens is 268 g/mol. The van der Waals surface area contributed by atoms with E-state index in [1.54, 1.807) is 13.8 Å². The van der Waals surface area contributed by atoms with E-state index >= 15 is 0 Å². The normalized spacial score (nSPS) is 13.2. The fourth-order valence-corrected chi connectivity index (χ4v) is 3.35. The highest BCUT2D eigenvalue weighted by Gasteiger charge is 2.22. The van der Waals surface area contributed by atoms with Crippen molar-refractivity contribution in [2.45, 2.75) is 44.6 Å². The van der Waals surface area contributed by atoms with E-state index in [1.165, 1.54) is 12.1 Å². The summed E-state index contributed by atoms with van der Waals surface area (Å²) in [6.45, 7) is 5.35. The van der Waals surface area contributed by atoms with Gasteiger partial charge < -0.3 is 0 Å². The van der Waals surface area contributed by atoms with E-state index in [2.05, 4.69) is 4.72 Å². The number of hydrogen-bond acceptors (Lipinski definition) is 4. The third kappa shape index (κ3) is 4.00. The first-order chi connectivity index (χ1) is 8.77. The van der Waals surface area contributed by atoms with Gasteiger partial charge in [-0.2, -0.15) is 0 Å². The molecule has 19 heavy (non-hydrogen) atoms. The van der Waals surface area contributed by atoms with Crippen LogP contribution >= 0.6 is 0 Å². The summed E-state index contributed by atoms with van der Waals surface area (Å²) < 4.78 is 26.9. The largest absolute Gasteiger partial charge is 0.270 e. The second-order valence-corrected chi connectivity index (χ2v) is 6.20. The molecule has 1 atom stereocenters. The van der Waals surface area contributed by atoms with Gasteiger partial charge in [-0.3, -0.25) is 10.1 Å². The number of nitrogens with one attached hydrogen (secondary N) is 1. The summed E-state index contributed by atoms with van der Waals surface area (Å²) in [4.78, 5) is 10.1. The summed E-state index contributed by atoms with van der Waals surface area (Å²) in [5.74, 6) is 0. The zero-order valence-electron chi connectivity index (χ0n) is 11.2. The number of non-ortho nitro benzene ring substituents is 1. The summed E-state index contributed by atoms with van der Waals surface area (Å²) in [6, 6.07) is 3.63. The van der Waals surface area contributed by atoms with Crippen LogP contribution in [0.15, 0.2) is 23.1 Å². The van der Waals surface area contributed by atoms with Crippen molar-refractivity contribution in [1.82, 2.24) is 4.72 Å². The van der Waals surface area contributed by atoms with Gasteiger partial charge in [0.05, 0.1) is 9.82 Å². The van der Waals surface area contributed by atoms with Crippen LogP contribution in [0, 0.1) is 17.0 Å². The lowest BCUT2D eigenvalue weighted by molar-refractivity contribution is -0.385. The standard InChI is InChI=1S/C12H18N2O4S/c1-4-5-10(3)13-19(17,18)12-8-11(14(15)16)7-6-9(12)2/h6-8,10,13H,4-5H2,1-3H3. The molecule has 0 heterocycles. The van der Waals surface area contributed by atoms with E-state index < -0.39 is 14.9 Å². The van der Waals surface area contributed by atoms with Crippen LogP contribution in [0.3, 0.4) is 0 Å². The first-order valence-corrected chi connectivity index (χ1v) is 7.53. The van der Waals surface area contributed by atoms with Gasteiger partial charge in [-0.25, -0.2) is 13.1 Å². The molecule has 0 spiro atoms. The van der Waals surface area contributed by atoms with E-state index in [0.717, 1.165) is 12.5 Å². The summed E-state index contributed by atoms with van der Waals surface area (Å²) in [6.07, 6.45) is 1.57. The molecular formula is C12H18N2O4S. The Bertz CT molecular complexity index is 569. The highest BCUT2D eigenvalue weighted by atomic mass is 32.2. The third-order valence-corrected chi connectivity index (χ3v) is 4.48. The van der Waals surface area contributed by atoms with Crippen molar-refractivity contribution in [2.24, 2.45) is 0 Å². The van der Waals surface area contributed by atoms with Crippen molar-refractivity contribution < 1.29 is 13.3 Å². The van der Waals surface area contributed by atoms with Crippen molar-refractivity contribution >= 4 is 15.7 Å². The molecule has 0 saturated heterocycles. The Morgan fingerprint density at radius 3 is 2.58 bits per heavy atom. The van der Waals surface area contributed by atoms with Gasteiger partial charge in [-0.15, -0.1) is 0 Å². The molecule has 0 aromatic heterocycles. The molecule has 1 aromatic carbocycles. The highest BCUT2D eigenvalue weighted by Crippen LogP contribution is 2.22. The van der Waals surface area contributed by atoms with Crippen molar-refractivity contribution in [3.05, 3.63) is 33.9 Å². The van der Waals surface area contributed by atoms with Gasteiger partial charge in [-0.1, -0.05) is 19.4 Å². The SMILES string of the molecule is CCCC(C)NS(=O)(=O)c1cc([N+](=O)[O-])ccc1C. The van der Waals surface area contributed by atoms with Crippen LogP contribution in [0.2, 0.25) is 0 Å². The lowest BCUT2D eigenvalue weighted by Gasteiger charge is -2.14. The number of nitrogens with zero attached hydrogens (tertiary/aromatic N) is 1. The molecule has 7 heteroatoms. The average molecular weight is 286 g/mol. The molecule has 0 bridgehead atoms. The number of nitro groups is 1. The minimum atomic E-state index is -3.72. The van der Waals surface area contributed by atoms with Crippen LogP contribution in [0.1, 0.15) is 32.3 Å². The smallest absolute Gasteiger partial charge is 0.258 e. The summed E-state index contributed by atoms with van der Waals surface area (Å²) in [5, 5.41) is 10.7. The zero-order chi connectivity index (χ0) is 14.6. The van der Waals surface area contributed by atoms with Crippen LogP contribution in [0.4, 0.5) is 5.69 Å². The monoisotopic (exact) mass is 286 g/mol. The Balaban J connectivity index is 3.13. The molecule has 0 fully saturated rings. The second kappa shape index (κ2) is 6.12. The molecule has 6 nitrogen and oxygen atoms in total. The van der Waals surface area contributed by atoms with E-state index in [4.69, 9.17) is 0 Å². The minimum Gasteiger partial charge on any atom is -0.258 e. The molecule has 0 amide bonds. The number of benzene rings is 1. The van der Waals surface area contributed by atoms with E-state index in [9.17, 15) is 18.5 Å². The van der Waals surface area contributed by atoms with E-state index in [1.807, 2.05) is 6.92 Å². The van der Waals surface area contributed by atoms with Gasteiger partial charge in [0.25, 0.3) is 5.69 Å². The Morgan fingerprint density at radius 2 is 2.05 bits per heavy atom. The maximum atomic E-state index is 12.2. The summed E-state index contributed by atoms with van der Waals surface area (Å²) in [7, 11) is -3.72. The Hall–Kier alpha value is -1.47. The van der Waals surface area contributed by atoms with Crippen LogP contribution in [-0.4, -0.2) is 19.4 Å². The first kappa shape index (κ1) is 15.6. The van der Waals surface area contributed by atoms with Crippen LogP contribution in [0.5, 0.6) is 0 Å². The van der Waals surface area contributed by atoms with Gasteiger partial charge in [0.15, 0.2) is 0 Å². The number of hydrogen-bond donors (Lipinski definition) is 1. The number of rotatable bonds is 6. The molecule has 0 saturated carbocycles. The Labute approximate surface area is 113 Å². The van der Waals surface area contributed by atoms with Crippen molar-refractivity contribution in [2.75, 3.05) is 0 Å². The van der Waals surface area contributed by atoms with Crippen molar-refractivity contribution in [3.63, 3.8) is 0 Å². The van der Waals surface area contributed by atoms with Gasteiger partial charge in [0.2, 0.25) is 10.0 Å². The summed E-state index contributed by atoms with van der Waals surface area (Å²) in [5.41, 5.74) is 0.260. The fourth-order valence-electron chi connectivity index (χ4n) is 1.81. The molecule has 1 N–H and O–H groups in total. The maximum Gasteiger partial charge on any atom is 0.270 e. The van der Waals surface area contributed by atoms with Gasteiger partial charge in [0, 0.05) is 18.2 Å². The number of nitro benzene ring substituents is 1. The minimum absolute atomic E-state index is 0.0374. The third-order valence-electron chi connectivity index (χ3n) is 2.75. The van der Waals surface area contributed by atoms with Crippen LogP contribution in [-0.2, 0) is 10.0 Å². The van der Waals surface area contributed by atoms with E-state index in [-0.39, 0.29) is 16.6 Å². The topological polar surface area (TPSA) is 89.3 Å². The first-order valence-electron chi connectivity index (χ1n) is 6.05. The average Bonchev–Trinajstić information content (AvgIpc) is 2.28. The predicted molar refractivity (Wildman–Crippen MR) is 72.5 cm³/mol. The molecule has 0 aliphatic rings. The molecule has 1 aromatic rings. The van der Waals surface area contributed by atoms with Gasteiger partial charge >= 0.3 is 0 Å². The highest BCUT2D eigenvalue weighted by molar-refractivity contribution is 7.89. The molecule has 0 radical (unpaired) electrons. The molecule has 0 aliphatic heterocycles. The predicted octanol–water partition coefficient (Wildman–Crippen LogP) is 2.37. The van der Waals surface area contributed by atoms with Gasteiger partial charge in [-0.05, 0) is 25.8 Å². The quantitative estimate of drug-likeness (QED) is 0.642.